The van der Waals surface area contributed by atoms with Crippen molar-refractivity contribution in [3.8, 4) is 0 Å². The highest BCUT2D eigenvalue weighted by atomic mass is 79.9. The first-order valence-electron chi connectivity index (χ1n) is 6.80. The molecule has 6 heteroatoms. The first-order chi connectivity index (χ1) is 9.67. The Morgan fingerprint density at radius 3 is 2.48 bits per heavy atom. The van der Waals surface area contributed by atoms with Gasteiger partial charge in [-0.15, -0.1) is 0 Å². The van der Waals surface area contributed by atoms with E-state index in [0.717, 1.165) is 25.0 Å². The second-order valence-electron chi connectivity index (χ2n) is 6.20. The maximum atomic E-state index is 13.9. The Kier molecular flexibility index (Phi) is 4.56. The summed E-state index contributed by atoms with van der Waals surface area (Å²) in [6, 6.07) is 2.23. The van der Waals surface area contributed by atoms with Gasteiger partial charge in [0.05, 0.1) is 11.0 Å². The van der Waals surface area contributed by atoms with Crippen molar-refractivity contribution in [2.24, 2.45) is 0 Å². The summed E-state index contributed by atoms with van der Waals surface area (Å²) in [6.07, 6.45) is 1.23. The molecule has 1 fully saturated rings. The molecule has 0 aromatic heterocycles. The van der Waals surface area contributed by atoms with Gasteiger partial charge in [0.1, 0.15) is 17.2 Å². The van der Waals surface area contributed by atoms with E-state index in [-0.39, 0.29) is 22.6 Å². The van der Waals surface area contributed by atoms with Crippen molar-refractivity contribution in [2.45, 2.75) is 51.8 Å². The van der Waals surface area contributed by atoms with Gasteiger partial charge in [-0.25, -0.2) is 13.6 Å². The molecule has 1 saturated carbocycles. The smallest absolute Gasteiger partial charge is 0.410 e. The predicted octanol–water partition coefficient (Wildman–Crippen LogP) is 4.63. The number of carbonyl (C=O) groups excluding carboxylic acids is 1. The van der Waals surface area contributed by atoms with Crippen LogP contribution in [0.1, 0.15) is 39.2 Å². The maximum Gasteiger partial charge on any atom is 0.410 e. The van der Waals surface area contributed by atoms with Crippen molar-refractivity contribution < 1.29 is 18.3 Å². The Morgan fingerprint density at radius 1 is 1.33 bits per heavy atom. The lowest BCUT2D eigenvalue weighted by Gasteiger charge is -2.27. The second-order valence-corrected chi connectivity index (χ2v) is 7.05. The molecule has 0 heterocycles. The Bertz CT molecular complexity index is 553. The van der Waals surface area contributed by atoms with Crippen molar-refractivity contribution in [1.82, 2.24) is 4.90 Å². The fraction of sp³-hybridized carbons (Fsp3) is 0.533. The minimum absolute atomic E-state index is 0.00954. The molecular formula is C15H18BrF2NO2. The molecule has 3 nitrogen and oxygen atoms in total. The fourth-order valence-corrected chi connectivity index (χ4v) is 2.23. The number of halogens is 3. The van der Waals surface area contributed by atoms with Gasteiger partial charge < -0.3 is 9.64 Å². The van der Waals surface area contributed by atoms with Gasteiger partial charge in [-0.1, -0.05) is 0 Å². The SMILES string of the molecule is CC(C)(C)OC(=O)N(Cc1cc(F)c(Br)cc1F)C1CC1. The fourth-order valence-electron chi connectivity index (χ4n) is 1.92. The van der Waals surface area contributed by atoms with Crippen LogP contribution in [-0.4, -0.2) is 22.6 Å². The van der Waals surface area contributed by atoms with Crippen LogP contribution < -0.4 is 0 Å². The van der Waals surface area contributed by atoms with Gasteiger partial charge in [0.2, 0.25) is 0 Å². The topological polar surface area (TPSA) is 29.5 Å². The van der Waals surface area contributed by atoms with Gasteiger partial charge in [0, 0.05) is 11.6 Å². The molecule has 0 radical (unpaired) electrons. The lowest BCUT2D eigenvalue weighted by atomic mass is 10.2. The maximum absolute atomic E-state index is 13.9. The molecule has 0 atom stereocenters. The molecule has 1 aliphatic carbocycles. The van der Waals surface area contributed by atoms with E-state index in [0.29, 0.717) is 0 Å². The van der Waals surface area contributed by atoms with Gasteiger partial charge in [0.15, 0.2) is 0 Å². The molecule has 2 rings (SSSR count). The predicted molar refractivity (Wildman–Crippen MR) is 78.9 cm³/mol. The lowest BCUT2D eigenvalue weighted by Crippen LogP contribution is -2.38. The number of ether oxygens (including phenoxy) is 1. The standard InChI is InChI=1S/C15H18BrF2NO2/c1-15(2,3)21-14(20)19(10-4-5-10)8-9-6-13(18)11(16)7-12(9)17/h6-7,10H,4-5,8H2,1-3H3. The number of nitrogens with zero attached hydrogens (tertiary/aromatic N) is 1. The zero-order valence-electron chi connectivity index (χ0n) is 12.3. The van der Waals surface area contributed by atoms with E-state index < -0.39 is 23.3 Å². The van der Waals surface area contributed by atoms with Crippen molar-refractivity contribution in [1.29, 1.82) is 0 Å². The minimum atomic E-state index is -0.617. The van der Waals surface area contributed by atoms with Gasteiger partial charge in [0.25, 0.3) is 0 Å². The molecule has 1 aliphatic rings. The zero-order chi connectivity index (χ0) is 15.8. The average Bonchev–Trinajstić information content (AvgIpc) is 3.13. The summed E-state index contributed by atoms with van der Waals surface area (Å²) in [4.78, 5) is 13.7. The van der Waals surface area contributed by atoms with Crippen LogP contribution in [0.5, 0.6) is 0 Å². The number of rotatable bonds is 3. The molecule has 0 spiro atoms. The molecule has 1 amide bonds. The second kappa shape index (κ2) is 5.91. The number of hydrogen-bond acceptors (Lipinski definition) is 2. The summed E-state index contributed by atoms with van der Waals surface area (Å²) >= 11 is 2.94. The van der Waals surface area contributed by atoms with Gasteiger partial charge in [-0.3, -0.25) is 0 Å². The Labute approximate surface area is 131 Å². The van der Waals surface area contributed by atoms with Crippen LogP contribution in [0.25, 0.3) is 0 Å². The van der Waals surface area contributed by atoms with Crippen molar-refractivity contribution >= 4 is 22.0 Å². The summed E-state index contributed by atoms with van der Waals surface area (Å²) in [7, 11) is 0. The van der Waals surface area contributed by atoms with Crippen LogP contribution in [0.2, 0.25) is 0 Å². The van der Waals surface area contributed by atoms with E-state index in [1.165, 1.54) is 4.90 Å². The van der Waals surface area contributed by atoms with Gasteiger partial charge >= 0.3 is 6.09 Å². The quantitative estimate of drug-likeness (QED) is 0.734. The largest absolute Gasteiger partial charge is 0.444 e. The molecule has 0 bridgehead atoms. The molecule has 116 valence electrons. The van der Waals surface area contributed by atoms with E-state index in [9.17, 15) is 13.6 Å². The first kappa shape index (κ1) is 16.2. The van der Waals surface area contributed by atoms with E-state index in [1.807, 2.05) is 0 Å². The van der Waals surface area contributed by atoms with Crippen LogP contribution in [-0.2, 0) is 11.3 Å². The summed E-state index contributed by atoms with van der Waals surface area (Å²) in [5.41, 5.74) is -0.471. The molecule has 0 unspecified atom stereocenters. The van der Waals surface area contributed by atoms with Crippen molar-refractivity contribution in [3.05, 3.63) is 33.8 Å². The summed E-state index contributed by atoms with van der Waals surface area (Å²) in [6.45, 7) is 5.33. The summed E-state index contributed by atoms with van der Waals surface area (Å²) < 4.78 is 32.8. The van der Waals surface area contributed by atoms with Gasteiger partial charge in [-0.05, 0) is 61.7 Å². The van der Waals surface area contributed by atoms with Crippen LogP contribution in [0.15, 0.2) is 16.6 Å². The number of benzene rings is 1. The Hall–Kier alpha value is -1.17. The minimum Gasteiger partial charge on any atom is -0.444 e. The Balaban J connectivity index is 2.17. The lowest BCUT2D eigenvalue weighted by molar-refractivity contribution is 0.0215. The molecule has 1 aromatic carbocycles. The number of hydrogen-bond donors (Lipinski definition) is 0. The molecule has 21 heavy (non-hydrogen) atoms. The van der Waals surface area contributed by atoms with Crippen LogP contribution in [0.4, 0.5) is 13.6 Å². The normalized spacial score (nSPS) is 15.0. The number of amides is 1. The van der Waals surface area contributed by atoms with Crippen molar-refractivity contribution in [2.75, 3.05) is 0 Å². The zero-order valence-corrected chi connectivity index (χ0v) is 13.8. The summed E-state index contributed by atoms with van der Waals surface area (Å²) in [5, 5.41) is 0. The van der Waals surface area contributed by atoms with E-state index in [2.05, 4.69) is 15.9 Å². The van der Waals surface area contributed by atoms with Crippen LogP contribution >= 0.6 is 15.9 Å². The summed E-state index contributed by atoms with van der Waals surface area (Å²) in [5.74, 6) is -1.09. The number of carbonyl (C=O) groups is 1. The highest BCUT2D eigenvalue weighted by molar-refractivity contribution is 9.10. The van der Waals surface area contributed by atoms with Crippen LogP contribution in [0.3, 0.4) is 0 Å². The van der Waals surface area contributed by atoms with Crippen molar-refractivity contribution in [3.63, 3.8) is 0 Å². The monoisotopic (exact) mass is 361 g/mol. The molecule has 1 aromatic rings. The molecule has 0 N–H and O–H groups in total. The highest BCUT2D eigenvalue weighted by Crippen LogP contribution is 2.31. The Morgan fingerprint density at radius 2 is 1.95 bits per heavy atom. The van der Waals surface area contributed by atoms with E-state index in [1.54, 1.807) is 20.8 Å². The third-order valence-electron chi connectivity index (χ3n) is 3.05. The third-order valence-corrected chi connectivity index (χ3v) is 3.65. The highest BCUT2D eigenvalue weighted by Gasteiger charge is 2.35. The van der Waals surface area contributed by atoms with E-state index in [4.69, 9.17) is 4.74 Å². The molecule has 0 saturated heterocycles. The molecule has 0 aliphatic heterocycles. The average molecular weight is 362 g/mol. The first-order valence-corrected chi connectivity index (χ1v) is 7.60. The molecular weight excluding hydrogens is 344 g/mol. The van der Waals surface area contributed by atoms with Crippen LogP contribution in [0, 0.1) is 11.6 Å². The van der Waals surface area contributed by atoms with Gasteiger partial charge in [-0.2, -0.15) is 0 Å². The third kappa shape index (κ3) is 4.40. The van der Waals surface area contributed by atoms with E-state index >= 15 is 0 Å².